The third-order valence-electron chi connectivity index (χ3n) is 5.69. The minimum atomic E-state index is -0.108. The van der Waals surface area contributed by atoms with E-state index in [4.69, 9.17) is 4.74 Å². The highest BCUT2D eigenvalue weighted by molar-refractivity contribution is 5.97. The van der Waals surface area contributed by atoms with Crippen LogP contribution in [0.1, 0.15) is 53.4 Å². The second-order valence-electron chi connectivity index (χ2n) is 7.38. The molecule has 2 amide bonds. The molecule has 1 atom stereocenters. The van der Waals surface area contributed by atoms with Crippen molar-refractivity contribution in [3.8, 4) is 5.75 Å². The van der Waals surface area contributed by atoms with E-state index in [0.717, 1.165) is 30.1 Å². The van der Waals surface area contributed by atoms with Gasteiger partial charge in [-0.05, 0) is 31.4 Å². The van der Waals surface area contributed by atoms with Gasteiger partial charge in [-0.15, -0.1) is 10.2 Å². The number of nitrogens with zero attached hydrogens (tertiary/aromatic N) is 5. The Kier molecular flexibility index (Phi) is 4.78. The first kappa shape index (κ1) is 18.5. The van der Waals surface area contributed by atoms with Gasteiger partial charge in [-0.1, -0.05) is 12.1 Å². The molecule has 1 saturated heterocycles. The molecule has 0 bridgehead atoms. The maximum atomic E-state index is 13.3. The maximum absolute atomic E-state index is 13.3. The van der Waals surface area contributed by atoms with Crippen LogP contribution in [0.4, 0.5) is 0 Å². The molecule has 8 nitrogen and oxygen atoms in total. The van der Waals surface area contributed by atoms with Crippen molar-refractivity contribution in [3.63, 3.8) is 0 Å². The Morgan fingerprint density at radius 2 is 2.00 bits per heavy atom. The highest BCUT2D eigenvalue weighted by Crippen LogP contribution is 2.35. The average molecular weight is 383 g/mol. The number of hydrogen-bond acceptors (Lipinski definition) is 5. The van der Waals surface area contributed by atoms with Gasteiger partial charge in [-0.2, -0.15) is 0 Å². The van der Waals surface area contributed by atoms with Crippen LogP contribution >= 0.6 is 0 Å². The fraction of sp³-hybridized carbons (Fsp3) is 0.500. The van der Waals surface area contributed by atoms with Crippen molar-refractivity contribution in [2.75, 3.05) is 20.2 Å². The molecule has 148 valence electrons. The summed E-state index contributed by atoms with van der Waals surface area (Å²) in [5.74, 6) is 2.22. The van der Waals surface area contributed by atoms with Crippen molar-refractivity contribution in [3.05, 3.63) is 41.0 Å². The van der Waals surface area contributed by atoms with Crippen molar-refractivity contribution >= 4 is 11.8 Å². The Hall–Kier alpha value is -2.90. The first-order chi connectivity index (χ1) is 13.5. The predicted molar refractivity (Wildman–Crippen MR) is 102 cm³/mol. The smallest absolute Gasteiger partial charge is 0.258 e. The lowest BCUT2D eigenvalue weighted by molar-refractivity contribution is -0.130. The van der Waals surface area contributed by atoms with E-state index < -0.39 is 0 Å². The quantitative estimate of drug-likeness (QED) is 0.809. The third-order valence-corrected chi connectivity index (χ3v) is 5.69. The van der Waals surface area contributed by atoms with Gasteiger partial charge in [-0.3, -0.25) is 9.59 Å². The molecule has 3 heterocycles. The number of carbonyl (C=O) groups excluding carboxylic acids is 2. The molecule has 0 aliphatic carbocycles. The van der Waals surface area contributed by atoms with E-state index in [1.54, 1.807) is 18.9 Å². The number of hydrogen-bond donors (Lipinski definition) is 0. The average Bonchev–Trinajstić information content (AvgIpc) is 3.33. The molecule has 2 aromatic rings. The third kappa shape index (κ3) is 3.02. The van der Waals surface area contributed by atoms with Crippen LogP contribution in [0, 0.1) is 6.92 Å². The fourth-order valence-electron chi connectivity index (χ4n) is 4.22. The Balaban J connectivity index is 1.63. The summed E-state index contributed by atoms with van der Waals surface area (Å²) in [5, 5.41) is 8.71. The summed E-state index contributed by atoms with van der Waals surface area (Å²) in [6.45, 7) is 5.95. The van der Waals surface area contributed by atoms with Gasteiger partial charge in [0.25, 0.3) is 5.91 Å². The van der Waals surface area contributed by atoms with Crippen LogP contribution < -0.4 is 4.74 Å². The number of benzene rings is 1. The van der Waals surface area contributed by atoms with E-state index in [1.165, 1.54) is 0 Å². The zero-order chi connectivity index (χ0) is 19.8. The minimum Gasteiger partial charge on any atom is -0.496 e. The van der Waals surface area contributed by atoms with Gasteiger partial charge < -0.3 is 19.1 Å². The number of aromatic nitrogens is 3. The van der Waals surface area contributed by atoms with Gasteiger partial charge in [0, 0.05) is 26.6 Å². The molecular formula is C20H25N5O3. The molecular weight excluding hydrogens is 358 g/mol. The summed E-state index contributed by atoms with van der Waals surface area (Å²) in [6.07, 6.45) is 1.78. The topological polar surface area (TPSA) is 80.6 Å². The summed E-state index contributed by atoms with van der Waals surface area (Å²) in [5.41, 5.74) is 1.52. The van der Waals surface area contributed by atoms with E-state index in [1.807, 2.05) is 30.0 Å². The van der Waals surface area contributed by atoms with Crippen LogP contribution in [0.25, 0.3) is 0 Å². The highest BCUT2D eigenvalue weighted by Gasteiger charge is 2.36. The number of fused-ring (bicyclic) bond motifs is 1. The lowest BCUT2D eigenvalue weighted by Crippen LogP contribution is -2.38. The van der Waals surface area contributed by atoms with Gasteiger partial charge >= 0.3 is 0 Å². The number of likely N-dealkylation sites (tertiary alicyclic amines) is 1. The molecule has 0 spiro atoms. The van der Waals surface area contributed by atoms with Gasteiger partial charge in [0.15, 0.2) is 11.6 Å². The Labute approximate surface area is 164 Å². The molecule has 1 aromatic heterocycles. The van der Waals surface area contributed by atoms with Gasteiger partial charge in [0.05, 0.1) is 25.3 Å². The molecule has 2 aliphatic rings. The van der Waals surface area contributed by atoms with Gasteiger partial charge in [-0.25, -0.2) is 0 Å². The number of para-hydroxylation sites is 1. The number of aryl methyl sites for hydroxylation is 1. The Morgan fingerprint density at radius 3 is 2.75 bits per heavy atom. The zero-order valence-corrected chi connectivity index (χ0v) is 16.5. The number of rotatable bonds is 3. The van der Waals surface area contributed by atoms with E-state index in [0.29, 0.717) is 37.5 Å². The Bertz CT molecular complexity index is 923. The monoisotopic (exact) mass is 383 g/mol. The molecule has 8 heteroatoms. The van der Waals surface area contributed by atoms with E-state index in [-0.39, 0.29) is 17.9 Å². The molecule has 2 aliphatic heterocycles. The molecule has 0 saturated carbocycles. The van der Waals surface area contributed by atoms with Crippen LogP contribution in [0.3, 0.4) is 0 Å². The second kappa shape index (κ2) is 7.26. The first-order valence-corrected chi connectivity index (χ1v) is 9.63. The van der Waals surface area contributed by atoms with Crippen LogP contribution in [0.5, 0.6) is 5.75 Å². The largest absolute Gasteiger partial charge is 0.496 e. The first-order valence-electron chi connectivity index (χ1n) is 9.63. The number of ether oxygens (including phenoxy) is 1. The zero-order valence-electron chi connectivity index (χ0n) is 16.5. The summed E-state index contributed by atoms with van der Waals surface area (Å²) in [6, 6.07) is 5.52. The fourth-order valence-corrected chi connectivity index (χ4v) is 4.22. The molecule has 0 N–H and O–H groups in total. The van der Waals surface area contributed by atoms with Crippen molar-refractivity contribution in [1.82, 2.24) is 24.6 Å². The number of carbonyl (C=O) groups is 2. The predicted octanol–water partition coefficient (Wildman–Crippen LogP) is 1.93. The van der Waals surface area contributed by atoms with Crippen molar-refractivity contribution in [2.24, 2.45) is 0 Å². The summed E-state index contributed by atoms with van der Waals surface area (Å²) in [4.78, 5) is 28.6. The lowest BCUT2D eigenvalue weighted by atomic mass is 10.1. The molecule has 0 radical (unpaired) electrons. The summed E-state index contributed by atoms with van der Waals surface area (Å²) >= 11 is 0. The Morgan fingerprint density at radius 1 is 1.18 bits per heavy atom. The van der Waals surface area contributed by atoms with E-state index >= 15 is 0 Å². The van der Waals surface area contributed by atoms with Crippen LogP contribution in [0.15, 0.2) is 18.2 Å². The van der Waals surface area contributed by atoms with Crippen molar-refractivity contribution < 1.29 is 14.3 Å². The standard InChI is InChI=1S/C20H25N5O3/c1-13-6-4-7-15(18(13)28-3)20(27)24-9-5-8-16(24)19-22-21-17-12-23(14(2)26)10-11-25(17)19/h4,6-7,16H,5,8-12H2,1-3H3/t16-/m0/s1. The molecule has 28 heavy (non-hydrogen) atoms. The van der Waals surface area contributed by atoms with E-state index in [9.17, 15) is 9.59 Å². The van der Waals surface area contributed by atoms with Gasteiger partial charge in [0.1, 0.15) is 5.75 Å². The SMILES string of the molecule is COc1c(C)cccc1C(=O)N1CCC[C@H]1c1nnc2n1CCN(C(C)=O)C2. The van der Waals surface area contributed by atoms with Crippen LogP contribution in [-0.2, 0) is 17.9 Å². The molecule has 1 fully saturated rings. The molecule has 0 unspecified atom stereocenters. The lowest BCUT2D eigenvalue weighted by Gasteiger charge is -2.29. The van der Waals surface area contributed by atoms with E-state index in [2.05, 4.69) is 14.8 Å². The highest BCUT2D eigenvalue weighted by atomic mass is 16.5. The molecule has 4 rings (SSSR count). The minimum absolute atomic E-state index is 0.0402. The summed E-state index contributed by atoms with van der Waals surface area (Å²) in [7, 11) is 1.59. The maximum Gasteiger partial charge on any atom is 0.258 e. The molecule has 1 aromatic carbocycles. The van der Waals surface area contributed by atoms with Crippen LogP contribution in [-0.4, -0.2) is 56.6 Å². The van der Waals surface area contributed by atoms with Crippen LogP contribution in [0.2, 0.25) is 0 Å². The summed E-state index contributed by atoms with van der Waals surface area (Å²) < 4.78 is 7.56. The second-order valence-corrected chi connectivity index (χ2v) is 7.38. The number of methoxy groups -OCH3 is 1. The van der Waals surface area contributed by atoms with Crippen molar-refractivity contribution in [2.45, 2.75) is 45.8 Å². The van der Waals surface area contributed by atoms with Crippen molar-refractivity contribution in [1.29, 1.82) is 0 Å². The normalized spacial score (nSPS) is 18.9. The number of amides is 2. The van der Waals surface area contributed by atoms with Gasteiger partial charge in [0.2, 0.25) is 5.91 Å².